The van der Waals surface area contributed by atoms with Gasteiger partial charge < -0.3 is 5.32 Å². The average molecular weight is 267 g/mol. The molecular weight excluding hydrogens is 250 g/mol. The van der Waals surface area contributed by atoms with Gasteiger partial charge in [0.15, 0.2) is 0 Å². The maximum Gasteiger partial charge on any atom is 0.301 e. The minimum Gasteiger partial charge on any atom is -0.316 e. The van der Waals surface area contributed by atoms with E-state index in [9.17, 15) is 8.42 Å². The topological polar surface area (TPSA) is 61.4 Å². The smallest absolute Gasteiger partial charge is 0.301 e. The molecule has 1 saturated heterocycles. The van der Waals surface area contributed by atoms with Crippen molar-refractivity contribution < 1.29 is 8.42 Å². The van der Waals surface area contributed by atoms with Crippen LogP contribution in [0.4, 0.5) is 5.69 Å². The van der Waals surface area contributed by atoms with Crippen molar-refractivity contribution in [3.63, 3.8) is 0 Å². The Morgan fingerprint density at radius 2 is 2.17 bits per heavy atom. The largest absolute Gasteiger partial charge is 0.316 e. The first-order valence-corrected chi connectivity index (χ1v) is 7.66. The van der Waals surface area contributed by atoms with Crippen LogP contribution in [0.2, 0.25) is 0 Å². The Kier molecular flexibility index (Phi) is 3.01. The molecule has 2 N–H and O–H groups in total. The molecule has 0 radical (unpaired) electrons. The van der Waals surface area contributed by atoms with Crippen LogP contribution in [0.25, 0.3) is 0 Å². The van der Waals surface area contributed by atoms with Gasteiger partial charge in [-0.2, -0.15) is 12.7 Å². The van der Waals surface area contributed by atoms with Crippen LogP contribution in [-0.2, 0) is 16.8 Å². The number of benzene rings is 1. The van der Waals surface area contributed by atoms with E-state index < -0.39 is 10.2 Å². The molecule has 18 heavy (non-hydrogen) atoms. The fourth-order valence-electron chi connectivity index (χ4n) is 2.56. The van der Waals surface area contributed by atoms with Gasteiger partial charge in [0.25, 0.3) is 0 Å². The highest BCUT2D eigenvalue weighted by Gasteiger charge is 2.31. The summed E-state index contributed by atoms with van der Waals surface area (Å²) in [5.74, 6) is 0.423. The molecule has 3 rings (SSSR count). The third-order valence-corrected chi connectivity index (χ3v) is 5.00. The summed E-state index contributed by atoms with van der Waals surface area (Å²) >= 11 is 0. The highest BCUT2D eigenvalue weighted by Crippen LogP contribution is 2.27. The fourth-order valence-corrected chi connectivity index (χ4v) is 3.88. The van der Waals surface area contributed by atoms with Crippen LogP contribution in [-0.4, -0.2) is 32.4 Å². The van der Waals surface area contributed by atoms with Gasteiger partial charge in [-0.3, -0.25) is 4.72 Å². The Bertz CT molecular complexity index is 538. The van der Waals surface area contributed by atoms with Crippen molar-refractivity contribution in [2.45, 2.75) is 13.0 Å². The number of hydrogen-bond acceptors (Lipinski definition) is 3. The van der Waals surface area contributed by atoms with Gasteiger partial charge in [0.2, 0.25) is 0 Å². The lowest BCUT2D eigenvalue weighted by Crippen LogP contribution is -2.42. The minimum absolute atomic E-state index is 0.423. The molecule has 0 amide bonds. The zero-order valence-corrected chi connectivity index (χ0v) is 10.9. The molecule has 5 nitrogen and oxygen atoms in total. The standard InChI is InChI=1S/C12H17N3O2S/c16-18(17)14-12-4-2-1-3-11(12)9-15(18)8-10-5-6-13-7-10/h1-4,10,13-14H,5-9H2. The third kappa shape index (κ3) is 2.23. The van der Waals surface area contributed by atoms with Crippen LogP contribution < -0.4 is 10.0 Å². The van der Waals surface area contributed by atoms with Crippen LogP contribution >= 0.6 is 0 Å². The lowest BCUT2D eigenvalue weighted by atomic mass is 10.1. The average Bonchev–Trinajstić information content (AvgIpc) is 2.82. The number of nitrogens with zero attached hydrogens (tertiary/aromatic N) is 1. The molecular formula is C12H17N3O2S. The summed E-state index contributed by atoms with van der Waals surface area (Å²) in [4.78, 5) is 0. The lowest BCUT2D eigenvalue weighted by Gasteiger charge is -2.30. The van der Waals surface area contributed by atoms with Gasteiger partial charge in [0, 0.05) is 13.1 Å². The predicted molar refractivity (Wildman–Crippen MR) is 70.4 cm³/mol. The minimum atomic E-state index is -3.37. The first-order valence-electron chi connectivity index (χ1n) is 6.22. The van der Waals surface area contributed by atoms with Crippen LogP contribution in [0.1, 0.15) is 12.0 Å². The van der Waals surface area contributed by atoms with Gasteiger partial charge in [0.05, 0.1) is 5.69 Å². The molecule has 0 aromatic heterocycles. The van der Waals surface area contributed by atoms with Crippen molar-refractivity contribution in [3.8, 4) is 0 Å². The van der Waals surface area contributed by atoms with E-state index in [4.69, 9.17) is 0 Å². The zero-order valence-electron chi connectivity index (χ0n) is 10.1. The predicted octanol–water partition coefficient (Wildman–Crippen LogP) is 0.768. The number of hydrogen-bond donors (Lipinski definition) is 2. The monoisotopic (exact) mass is 267 g/mol. The second-order valence-electron chi connectivity index (χ2n) is 4.92. The molecule has 1 unspecified atom stereocenters. The maximum absolute atomic E-state index is 12.1. The Hall–Kier alpha value is -1.11. The van der Waals surface area contributed by atoms with Gasteiger partial charge in [-0.05, 0) is 37.1 Å². The molecule has 1 aromatic carbocycles. The van der Waals surface area contributed by atoms with Crippen molar-refractivity contribution in [2.75, 3.05) is 24.4 Å². The normalized spacial score (nSPS) is 26.6. The highest BCUT2D eigenvalue weighted by atomic mass is 32.2. The molecule has 0 spiro atoms. The van der Waals surface area contributed by atoms with Crippen LogP contribution in [0.5, 0.6) is 0 Å². The zero-order chi connectivity index (χ0) is 12.6. The molecule has 2 heterocycles. The van der Waals surface area contributed by atoms with Crippen molar-refractivity contribution in [3.05, 3.63) is 29.8 Å². The summed E-state index contributed by atoms with van der Waals surface area (Å²) in [6.07, 6.45) is 1.05. The van der Waals surface area contributed by atoms with Crippen molar-refractivity contribution in [1.29, 1.82) is 0 Å². The van der Waals surface area contributed by atoms with Crippen LogP contribution in [0.3, 0.4) is 0 Å². The number of fused-ring (bicyclic) bond motifs is 1. The van der Waals surface area contributed by atoms with E-state index in [-0.39, 0.29) is 0 Å². The van der Waals surface area contributed by atoms with E-state index in [1.165, 1.54) is 0 Å². The van der Waals surface area contributed by atoms with Crippen molar-refractivity contribution in [1.82, 2.24) is 9.62 Å². The Morgan fingerprint density at radius 1 is 1.33 bits per heavy atom. The number of anilines is 1. The van der Waals surface area contributed by atoms with Gasteiger partial charge in [-0.1, -0.05) is 18.2 Å². The first-order chi connectivity index (χ1) is 8.65. The molecule has 1 atom stereocenters. The fraction of sp³-hybridized carbons (Fsp3) is 0.500. The second kappa shape index (κ2) is 4.53. The second-order valence-corrected chi connectivity index (χ2v) is 6.59. The van der Waals surface area contributed by atoms with E-state index in [1.807, 2.05) is 18.2 Å². The molecule has 0 bridgehead atoms. The third-order valence-electron chi connectivity index (χ3n) is 3.57. The SMILES string of the molecule is O=S1(=O)Nc2ccccc2CN1CC1CCNC1. The van der Waals surface area contributed by atoms with E-state index in [0.29, 0.717) is 24.7 Å². The summed E-state index contributed by atoms with van der Waals surface area (Å²) < 4.78 is 28.4. The molecule has 1 fully saturated rings. The van der Waals surface area contributed by atoms with E-state index in [0.717, 1.165) is 25.1 Å². The summed E-state index contributed by atoms with van der Waals surface area (Å²) in [7, 11) is -3.37. The first kappa shape index (κ1) is 12.0. The van der Waals surface area contributed by atoms with E-state index in [2.05, 4.69) is 10.0 Å². The summed E-state index contributed by atoms with van der Waals surface area (Å²) in [5, 5.41) is 3.27. The van der Waals surface area contributed by atoms with Gasteiger partial charge in [-0.15, -0.1) is 0 Å². The van der Waals surface area contributed by atoms with Crippen molar-refractivity contribution in [2.24, 2.45) is 5.92 Å². The Morgan fingerprint density at radius 3 is 2.94 bits per heavy atom. The lowest BCUT2D eigenvalue weighted by molar-refractivity contribution is 0.348. The quantitative estimate of drug-likeness (QED) is 0.832. The van der Waals surface area contributed by atoms with Crippen LogP contribution in [0.15, 0.2) is 24.3 Å². The van der Waals surface area contributed by atoms with E-state index in [1.54, 1.807) is 10.4 Å². The van der Waals surface area contributed by atoms with Gasteiger partial charge in [-0.25, -0.2) is 0 Å². The summed E-state index contributed by atoms with van der Waals surface area (Å²) in [6.45, 7) is 2.97. The molecule has 0 saturated carbocycles. The molecule has 2 aliphatic heterocycles. The Labute approximate surface area is 107 Å². The Balaban J connectivity index is 1.82. The van der Waals surface area contributed by atoms with Gasteiger partial charge in [0.1, 0.15) is 0 Å². The van der Waals surface area contributed by atoms with E-state index >= 15 is 0 Å². The summed E-state index contributed by atoms with van der Waals surface area (Å²) in [5.41, 5.74) is 1.75. The molecule has 6 heteroatoms. The molecule has 1 aromatic rings. The van der Waals surface area contributed by atoms with Gasteiger partial charge >= 0.3 is 10.2 Å². The van der Waals surface area contributed by atoms with Crippen molar-refractivity contribution >= 4 is 15.9 Å². The highest BCUT2D eigenvalue weighted by molar-refractivity contribution is 7.90. The molecule has 0 aliphatic carbocycles. The number of para-hydroxylation sites is 1. The molecule has 2 aliphatic rings. The summed E-state index contributed by atoms with van der Waals surface area (Å²) in [6, 6.07) is 7.56. The number of nitrogens with one attached hydrogen (secondary N) is 2. The number of rotatable bonds is 2. The maximum atomic E-state index is 12.1. The molecule has 98 valence electrons. The van der Waals surface area contributed by atoms with Crippen LogP contribution in [0, 0.1) is 5.92 Å².